The van der Waals surface area contributed by atoms with Crippen molar-refractivity contribution in [3.05, 3.63) is 59.7 Å². The second-order valence-electron chi connectivity index (χ2n) is 6.27. The quantitative estimate of drug-likeness (QED) is 0.585. The second kappa shape index (κ2) is 8.61. The van der Waals surface area contributed by atoms with Crippen LogP contribution in [0.5, 0.6) is 11.5 Å². The van der Waals surface area contributed by atoms with Gasteiger partial charge in [-0.25, -0.2) is 0 Å². The molecule has 0 N–H and O–H groups in total. The summed E-state index contributed by atoms with van der Waals surface area (Å²) in [6.45, 7) is 7.50. The normalized spacial score (nSPS) is 12.2. The van der Waals surface area contributed by atoms with Gasteiger partial charge in [-0.05, 0) is 47.7 Å². The zero-order valence-corrected chi connectivity index (χ0v) is 14.7. The van der Waals surface area contributed by atoms with Crippen LogP contribution in [0.2, 0.25) is 0 Å². The Balaban J connectivity index is 2.16. The molecule has 0 fully saturated rings. The van der Waals surface area contributed by atoms with Gasteiger partial charge < -0.3 is 9.47 Å². The molecule has 0 aliphatic heterocycles. The summed E-state index contributed by atoms with van der Waals surface area (Å²) >= 11 is 0. The maximum absolute atomic E-state index is 5.76. The van der Waals surface area contributed by atoms with Crippen LogP contribution in [0.15, 0.2) is 48.5 Å². The number of hydrogen-bond acceptors (Lipinski definition) is 2. The Morgan fingerprint density at radius 3 is 1.78 bits per heavy atom. The smallest absolute Gasteiger partial charge is 0.119 e. The standard InChI is InChI=1S/C21H28O2/c1-5-6-15-23-20-13-9-18(10-14-20)21(16(2)3)17-7-11-19(22-4)12-8-17/h7-14,16,21H,5-6,15H2,1-4H3. The van der Waals surface area contributed by atoms with Crippen LogP contribution in [0.1, 0.15) is 50.7 Å². The molecule has 0 heterocycles. The van der Waals surface area contributed by atoms with E-state index in [0.717, 1.165) is 30.9 Å². The topological polar surface area (TPSA) is 18.5 Å². The lowest BCUT2D eigenvalue weighted by molar-refractivity contribution is 0.309. The molecule has 1 atom stereocenters. The number of rotatable bonds is 8. The van der Waals surface area contributed by atoms with Crippen molar-refractivity contribution in [1.29, 1.82) is 0 Å². The third-order valence-corrected chi connectivity index (χ3v) is 4.15. The highest BCUT2D eigenvalue weighted by molar-refractivity contribution is 5.38. The monoisotopic (exact) mass is 312 g/mol. The van der Waals surface area contributed by atoms with Crippen molar-refractivity contribution in [3.63, 3.8) is 0 Å². The summed E-state index contributed by atoms with van der Waals surface area (Å²) in [6, 6.07) is 16.9. The van der Waals surface area contributed by atoms with Gasteiger partial charge in [0.25, 0.3) is 0 Å². The van der Waals surface area contributed by atoms with Crippen molar-refractivity contribution in [2.24, 2.45) is 5.92 Å². The minimum Gasteiger partial charge on any atom is -0.497 e. The first-order valence-electron chi connectivity index (χ1n) is 8.52. The van der Waals surface area contributed by atoms with Gasteiger partial charge in [-0.1, -0.05) is 51.5 Å². The van der Waals surface area contributed by atoms with E-state index in [1.807, 2.05) is 12.1 Å². The number of ether oxygens (including phenoxy) is 2. The molecule has 0 aromatic heterocycles. The average Bonchev–Trinajstić information content (AvgIpc) is 2.57. The van der Waals surface area contributed by atoms with Gasteiger partial charge in [0.15, 0.2) is 0 Å². The third-order valence-electron chi connectivity index (χ3n) is 4.15. The van der Waals surface area contributed by atoms with Crippen LogP contribution in [0.3, 0.4) is 0 Å². The Hall–Kier alpha value is -1.96. The van der Waals surface area contributed by atoms with Gasteiger partial charge in [-0.15, -0.1) is 0 Å². The largest absolute Gasteiger partial charge is 0.497 e. The van der Waals surface area contributed by atoms with Crippen molar-refractivity contribution in [2.45, 2.75) is 39.5 Å². The molecule has 1 unspecified atom stereocenters. The Kier molecular flexibility index (Phi) is 6.52. The molecule has 23 heavy (non-hydrogen) atoms. The second-order valence-corrected chi connectivity index (χ2v) is 6.27. The van der Waals surface area contributed by atoms with E-state index in [0.29, 0.717) is 11.8 Å². The number of methoxy groups -OCH3 is 1. The Labute approximate surface area is 140 Å². The number of benzene rings is 2. The highest BCUT2D eigenvalue weighted by Crippen LogP contribution is 2.33. The van der Waals surface area contributed by atoms with E-state index in [9.17, 15) is 0 Å². The van der Waals surface area contributed by atoms with Crippen LogP contribution >= 0.6 is 0 Å². The first-order valence-corrected chi connectivity index (χ1v) is 8.52. The fraction of sp³-hybridized carbons (Fsp3) is 0.429. The molecule has 0 aliphatic rings. The van der Waals surface area contributed by atoms with E-state index in [1.54, 1.807) is 7.11 Å². The van der Waals surface area contributed by atoms with Gasteiger partial charge in [-0.2, -0.15) is 0 Å². The summed E-state index contributed by atoms with van der Waals surface area (Å²) in [7, 11) is 1.70. The summed E-state index contributed by atoms with van der Waals surface area (Å²) in [5, 5.41) is 0. The van der Waals surface area contributed by atoms with Crippen molar-refractivity contribution in [2.75, 3.05) is 13.7 Å². The molecule has 0 radical (unpaired) electrons. The lowest BCUT2D eigenvalue weighted by Gasteiger charge is -2.22. The van der Waals surface area contributed by atoms with Gasteiger partial charge in [0.2, 0.25) is 0 Å². The van der Waals surface area contributed by atoms with Crippen LogP contribution < -0.4 is 9.47 Å². The molecule has 0 bridgehead atoms. The van der Waals surface area contributed by atoms with Crippen LogP contribution in [0.25, 0.3) is 0 Å². The minimum absolute atomic E-state index is 0.380. The summed E-state index contributed by atoms with van der Waals surface area (Å²) < 4.78 is 11.0. The number of unbranched alkanes of at least 4 members (excludes halogenated alkanes) is 1. The molecule has 0 amide bonds. The van der Waals surface area contributed by atoms with E-state index < -0.39 is 0 Å². The zero-order valence-electron chi connectivity index (χ0n) is 14.7. The molecular weight excluding hydrogens is 284 g/mol. The van der Waals surface area contributed by atoms with Crippen LogP contribution in [-0.4, -0.2) is 13.7 Å². The minimum atomic E-state index is 0.380. The molecule has 0 saturated heterocycles. The highest BCUT2D eigenvalue weighted by atomic mass is 16.5. The van der Waals surface area contributed by atoms with E-state index in [-0.39, 0.29) is 0 Å². The molecule has 2 heteroatoms. The van der Waals surface area contributed by atoms with Crippen molar-refractivity contribution < 1.29 is 9.47 Å². The van der Waals surface area contributed by atoms with Crippen molar-refractivity contribution in [3.8, 4) is 11.5 Å². The van der Waals surface area contributed by atoms with Crippen molar-refractivity contribution >= 4 is 0 Å². The van der Waals surface area contributed by atoms with E-state index in [1.165, 1.54) is 11.1 Å². The molecule has 124 valence electrons. The number of hydrogen-bond donors (Lipinski definition) is 0. The summed E-state index contributed by atoms with van der Waals surface area (Å²) in [6.07, 6.45) is 2.26. The van der Waals surface area contributed by atoms with Gasteiger partial charge in [0, 0.05) is 5.92 Å². The Morgan fingerprint density at radius 1 is 0.826 bits per heavy atom. The van der Waals surface area contributed by atoms with Crippen molar-refractivity contribution in [1.82, 2.24) is 0 Å². The first kappa shape index (κ1) is 17.4. The molecule has 2 rings (SSSR count). The van der Waals surface area contributed by atoms with Gasteiger partial charge in [0.1, 0.15) is 11.5 Å². The molecule has 0 saturated carbocycles. The predicted molar refractivity (Wildman–Crippen MR) is 96.5 cm³/mol. The average molecular weight is 312 g/mol. The van der Waals surface area contributed by atoms with Gasteiger partial charge in [0.05, 0.1) is 13.7 Å². The summed E-state index contributed by atoms with van der Waals surface area (Å²) in [5.74, 6) is 2.76. The fourth-order valence-corrected chi connectivity index (χ4v) is 2.88. The molecule has 0 aliphatic carbocycles. The van der Waals surface area contributed by atoms with Crippen LogP contribution in [0, 0.1) is 5.92 Å². The van der Waals surface area contributed by atoms with E-state index in [2.05, 4.69) is 57.2 Å². The van der Waals surface area contributed by atoms with Crippen LogP contribution in [-0.2, 0) is 0 Å². The Morgan fingerprint density at radius 2 is 1.35 bits per heavy atom. The highest BCUT2D eigenvalue weighted by Gasteiger charge is 2.18. The maximum Gasteiger partial charge on any atom is 0.119 e. The molecule has 2 aromatic carbocycles. The predicted octanol–water partition coefficient (Wildman–Crippen LogP) is 5.66. The lowest BCUT2D eigenvalue weighted by Crippen LogP contribution is -2.08. The summed E-state index contributed by atoms with van der Waals surface area (Å²) in [4.78, 5) is 0. The molecule has 2 nitrogen and oxygen atoms in total. The summed E-state index contributed by atoms with van der Waals surface area (Å²) in [5.41, 5.74) is 2.65. The zero-order chi connectivity index (χ0) is 16.7. The van der Waals surface area contributed by atoms with Gasteiger partial charge in [-0.3, -0.25) is 0 Å². The van der Waals surface area contributed by atoms with Gasteiger partial charge >= 0.3 is 0 Å². The molecule has 2 aromatic rings. The third kappa shape index (κ3) is 4.75. The lowest BCUT2D eigenvalue weighted by atomic mass is 9.82. The van der Waals surface area contributed by atoms with E-state index >= 15 is 0 Å². The fourth-order valence-electron chi connectivity index (χ4n) is 2.88. The maximum atomic E-state index is 5.76. The molecular formula is C21H28O2. The van der Waals surface area contributed by atoms with E-state index in [4.69, 9.17) is 9.47 Å². The SMILES string of the molecule is CCCCOc1ccc(C(c2ccc(OC)cc2)C(C)C)cc1. The Bertz CT molecular complexity index is 570. The van der Waals surface area contributed by atoms with Crippen LogP contribution in [0.4, 0.5) is 0 Å². The molecule has 0 spiro atoms. The first-order chi connectivity index (χ1) is 11.2.